The van der Waals surface area contributed by atoms with E-state index in [1.165, 1.54) is 17.0 Å². The molecule has 3 atom stereocenters. The van der Waals surface area contributed by atoms with Crippen LogP contribution in [-0.4, -0.2) is 87.9 Å². The van der Waals surface area contributed by atoms with Crippen molar-refractivity contribution >= 4 is 5.91 Å². The van der Waals surface area contributed by atoms with Crippen LogP contribution in [-0.2, 0) is 11.0 Å². The summed E-state index contributed by atoms with van der Waals surface area (Å²) in [5.41, 5.74) is 0.153. The number of carbonyl (C=O) groups is 1. The molecule has 39 heavy (non-hydrogen) atoms. The van der Waals surface area contributed by atoms with Crippen LogP contribution >= 0.6 is 0 Å². The molecule has 0 radical (unpaired) electrons. The second-order valence-corrected chi connectivity index (χ2v) is 11.1. The molecule has 1 amide bonds. The first-order valence-corrected chi connectivity index (χ1v) is 13.4. The van der Waals surface area contributed by atoms with Crippen molar-refractivity contribution in [3.8, 4) is 5.88 Å². The van der Waals surface area contributed by atoms with Gasteiger partial charge in [-0.2, -0.15) is 13.2 Å². The number of nitrogens with zero attached hydrogens (tertiary/aromatic N) is 5. The highest BCUT2D eigenvalue weighted by molar-refractivity contribution is 5.83. The molecule has 3 aliphatic heterocycles. The van der Waals surface area contributed by atoms with E-state index in [0.717, 1.165) is 30.7 Å². The Bertz CT molecular complexity index is 1210. The zero-order valence-corrected chi connectivity index (χ0v) is 21.3. The van der Waals surface area contributed by atoms with Crippen LogP contribution in [0.4, 0.5) is 22.0 Å². The number of benzene rings is 1. The normalized spacial score (nSPS) is 26.4. The van der Waals surface area contributed by atoms with Gasteiger partial charge >= 0.3 is 6.18 Å². The molecule has 4 aliphatic rings. The Labute approximate surface area is 222 Å². The largest absolute Gasteiger partial charge is 0.472 e. The van der Waals surface area contributed by atoms with Crippen LogP contribution < -0.4 is 4.74 Å². The molecule has 1 unspecified atom stereocenters. The maximum absolute atomic E-state index is 14.1. The summed E-state index contributed by atoms with van der Waals surface area (Å²) in [6.45, 7) is 1.20. The van der Waals surface area contributed by atoms with Gasteiger partial charge in [0.2, 0.25) is 11.8 Å². The number of piperazine rings is 1. The fraction of sp³-hybridized carbons (Fsp3) is 0.593. The third-order valence-electron chi connectivity index (χ3n) is 8.15. The van der Waals surface area contributed by atoms with Crippen molar-refractivity contribution in [2.24, 2.45) is 0 Å². The standard InChI is InChI=1S/C27H30F5N5O2/c28-26(29)6-7-37(16-26)24(18-2-1-3-19(10-18)27(30,31)32)25(38)36-9-8-35-15-21(11-20(35)14-36)39-23-13-33-22(12-34-23)17-4-5-17/h1-3,10,12-13,17,20-21,24H,4-9,11,14-16H2/t20-,21+,24?/m0/s1. The minimum atomic E-state index is -4.61. The van der Waals surface area contributed by atoms with Crippen molar-refractivity contribution in [1.82, 2.24) is 24.7 Å². The van der Waals surface area contributed by atoms with Crippen LogP contribution in [0.1, 0.15) is 54.5 Å². The summed E-state index contributed by atoms with van der Waals surface area (Å²) in [6.07, 6.45) is 1.14. The molecule has 1 aliphatic carbocycles. The Morgan fingerprint density at radius 1 is 1.08 bits per heavy atom. The molecule has 6 rings (SSSR count). The van der Waals surface area contributed by atoms with Gasteiger partial charge in [0, 0.05) is 57.5 Å². The smallest absolute Gasteiger partial charge is 0.416 e. The number of rotatable bonds is 6. The van der Waals surface area contributed by atoms with Crippen LogP contribution in [0.25, 0.3) is 0 Å². The summed E-state index contributed by atoms with van der Waals surface area (Å²) in [7, 11) is 0. The van der Waals surface area contributed by atoms with Gasteiger partial charge in [0.15, 0.2) is 0 Å². The highest BCUT2D eigenvalue weighted by Gasteiger charge is 2.46. The van der Waals surface area contributed by atoms with Crippen molar-refractivity contribution in [1.29, 1.82) is 0 Å². The molecular formula is C27H30F5N5O2. The number of hydrogen-bond donors (Lipinski definition) is 0. The number of ether oxygens (including phenoxy) is 1. The maximum Gasteiger partial charge on any atom is 0.416 e. The van der Waals surface area contributed by atoms with Crippen LogP contribution in [0.2, 0.25) is 0 Å². The lowest BCUT2D eigenvalue weighted by Gasteiger charge is -2.40. The Morgan fingerprint density at radius 3 is 2.56 bits per heavy atom. The summed E-state index contributed by atoms with van der Waals surface area (Å²) in [5, 5.41) is 0. The zero-order valence-electron chi connectivity index (χ0n) is 21.3. The van der Waals surface area contributed by atoms with Crippen LogP contribution in [0.15, 0.2) is 36.7 Å². The van der Waals surface area contributed by atoms with E-state index in [9.17, 15) is 26.7 Å². The Balaban J connectivity index is 1.15. The molecule has 0 bridgehead atoms. The third-order valence-corrected chi connectivity index (χ3v) is 8.15. The summed E-state index contributed by atoms with van der Waals surface area (Å²) in [6, 6.07) is 3.26. The number of halogens is 5. The van der Waals surface area contributed by atoms with Crippen molar-refractivity contribution in [3.63, 3.8) is 0 Å². The van der Waals surface area contributed by atoms with Gasteiger partial charge in [-0.05, 0) is 30.5 Å². The van der Waals surface area contributed by atoms with E-state index in [0.29, 0.717) is 44.4 Å². The first-order valence-electron chi connectivity index (χ1n) is 13.4. The zero-order chi connectivity index (χ0) is 27.4. The molecule has 12 heteroatoms. The first kappa shape index (κ1) is 26.4. The lowest BCUT2D eigenvalue weighted by Crippen LogP contribution is -2.54. The van der Waals surface area contributed by atoms with Gasteiger partial charge in [0.25, 0.3) is 5.92 Å². The van der Waals surface area contributed by atoms with Crippen molar-refractivity contribution < 1.29 is 31.5 Å². The quantitative estimate of drug-likeness (QED) is 0.504. The molecule has 0 N–H and O–H groups in total. The first-order chi connectivity index (χ1) is 18.6. The third kappa shape index (κ3) is 5.72. The Kier molecular flexibility index (Phi) is 6.73. The van der Waals surface area contributed by atoms with Gasteiger partial charge in [0.1, 0.15) is 12.1 Å². The van der Waals surface area contributed by atoms with E-state index < -0.39 is 42.6 Å². The van der Waals surface area contributed by atoms with E-state index >= 15 is 0 Å². The Hall–Kier alpha value is -2.86. The summed E-state index contributed by atoms with van der Waals surface area (Å²) in [4.78, 5) is 27.8. The van der Waals surface area contributed by atoms with E-state index in [4.69, 9.17) is 4.74 Å². The number of fused-ring (bicyclic) bond motifs is 1. The predicted octanol–water partition coefficient (Wildman–Crippen LogP) is 4.12. The summed E-state index contributed by atoms with van der Waals surface area (Å²) < 4.78 is 74.6. The van der Waals surface area contributed by atoms with Crippen LogP contribution in [0, 0.1) is 0 Å². The second-order valence-electron chi connectivity index (χ2n) is 11.1. The monoisotopic (exact) mass is 551 g/mol. The van der Waals surface area contributed by atoms with E-state index in [1.807, 2.05) is 0 Å². The molecule has 4 fully saturated rings. The molecule has 1 aromatic heterocycles. The SMILES string of the molecule is O=C(C(c1cccc(C(F)(F)F)c1)N1CCC(F)(F)C1)N1CCN2C[C@H](Oc3cnc(C4CC4)cn3)C[C@H]2C1. The number of carbonyl (C=O) groups excluding carboxylic acids is 1. The maximum atomic E-state index is 14.1. The highest BCUT2D eigenvalue weighted by Crippen LogP contribution is 2.39. The number of aromatic nitrogens is 2. The number of amides is 1. The lowest BCUT2D eigenvalue weighted by atomic mass is 10.00. The minimum absolute atomic E-state index is 0.00595. The van der Waals surface area contributed by atoms with E-state index in [2.05, 4.69) is 14.9 Å². The van der Waals surface area contributed by atoms with Gasteiger partial charge in [-0.3, -0.25) is 19.6 Å². The fourth-order valence-corrected chi connectivity index (χ4v) is 5.98. The fourth-order valence-electron chi connectivity index (χ4n) is 5.98. The number of hydrogen-bond acceptors (Lipinski definition) is 6. The summed E-state index contributed by atoms with van der Waals surface area (Å²) in [5.74, 6) is -2.48. The predicted molar refractivity (Wildman–Crippen MR) is 130 cm³/mol. The van der Waals surface area contributed by atoms with Crippen molar-refractivity contribution in [2.45, 2.75) is 61.9 Å². The topological polar surface area (TPSA) is 61.8 Å². The molecule has 4 heterocycles. The summed E-state index contributed by atoms with van der Waals surface area (Å²) >= 11 is 0. The molecule has 3 saturated heterocycles. The van der Waals surface area contributed by atoms with Crippen LogP contribution in [0.3, 0.4) is 0 Å². The molecular weight excluding hydrogens is 521 g/mol. The Morgan fingerprint density at radius 2 is 1.90 bits per heavy atom. The van der Waals surface area contributed by atoms with Gasteiger partial charge in [-0.15, -0.1) is 0 Å². The van der Waals surface area contributed by atoms with Crippen molar-refractivity contribution in [2.75, 3.05) is 39.3 Å². The van der Waals surface area contributed by atoms with Gasteiger partial charge < -0.3 is 9.64 Å². The van der Waals surface area contributed by atoms with Gasteiger partial charge in [-0.25, -0.2) is 13.8 Å². The molecule has 2 aromatic rings. The minimum Gasteiger partial charge on any atom is -0.472 e. The molecule has 7 nitrogen and oxygen atoms in total. The van der Waals surface area contributed by atoms with E-state index in [-0.39, 0.29) is 24.3 Å². The molecule has 210 valence electrons. The lowest BCUT2D eigenvalue weighted by molar-refractivity contribution is -0.141. The average molecular weight is 552 g/mol. The number of likely N-dealkylation sites (tertiary alicyclic amines) is 1. The highest BCUT2D eigenvalue weighted by atomic mass is 19.4. The van der Waals surface area contributed by atoms with Crippen molar-refractivity contribution in [3.05, 3.63) is 53.5 Å². The molecule has 0 spiro atoms. The average Bonchev–Trinajstić information content (AvgIpc) is 3.57. The van der Waals surface area contributed by atoms with Gasteiger partial charge in [-0.1, -0.05) is 12.1 Å². The van der Waals surface area contributed by atoms with Gasteiger partial charge in [0.05, 0.1) is 30.2 Å². The van der Waals surface area contributed by atoms with Crippen LogP contribution in [0.5, 0.6) is 5.88 Å². The molecule has 1 aromatic carbocycles. The second kappa shape index (κ2) is 9.96. The molecule has 1 saturated carbocycles. The van der Waals surface area contributed by atoms with E-state index in [1.54, 1.807) is 17.3 Å². The number of alkyl halides is 5.